The zero-order valence-electron chi connectivity index (χ0n) is 12.5. The van der Waals surface area contributed by atoms with Crippen LogP contribution >= 0.6 is 31.9 Å². The van der Waals surface area contributed by atoms with Crippen LogP contribution in [0.5, 0.6) is 0 Å². The molecule has 0 aliphatic carbocycles. The molecule has 0 aliphatic rings. The van der Waals surface area contributed by atoms with E-state index >= 15 is 0 Å². The lowest BCUT2D eigenvalue weighted by molar-refractivity contribution is -0.114. The molecule has 1 N–H and O–H groups in total. The first-order chi connectivity index (χ1) is 10.3. The molecule has 3 nitrogen and oxygen atoms in total. The van der Waals surface area contributed by atoms with Crippen LogP contribution in [0.2, 0.25) is 0 Å². The monoisotopic (exact) mass is 423 g/mol. The van der Waals surface area contributed by atoms with Crippen LogP contribution in [0.1, 0.15) is 34.0 Å². The van der Waals surface area contributed by atoms with E-state index in [1.807, 2.05) is 26.0 Å². The second-order valence-corrected chi connectivity index (χ2v) is 6.89. The topological polar surface area (TPSA) is 46.2 Å². The smallest absolute Gasteiger partial charge is 0.221 e. The third kappa shape index (κ3) is 3.65. The van der Waals surface area contributed by atoms with E-state index in [0.717, 1.165) is 15.6 Å². The van der Waals surface area contributed by atoms with Gasteiger partial charge < -0.3 is 5.32 Å². The molecule has 0 spiro atoms. The van der Waals surface area contributed by atoms with Gasteiger partial charge in [-0.15, -0.1) is 0 Å². The Labute approximate surface area is 146 Å². The van der Waals surface area contributed by atoms with Crippen LogP contribution in [-0.4, -0.2) is 11.7 Å². The maximum Gasteiger partial charge on any atom is 0.221 e. The summed E-state index contributed by atoms with van der Waals surface area (Å²) in [5, 5.41) is 2.72. The maximum absolute atomic E-state index is 12.8. The number of amides is 1. The average molecular weight is 425 g/mol. The molecule has 22 heavy (non-hydrogen) atoms. The summed E-state index contributed by atoms with van der Waals surface area (Å²) in [7, 11) is 0. The Morgan fingerprint density at radius 3 is 2.27 bits per heavy atom. The van der Waals surface area contributed by atoms with E-state index in [-0.39, 0.29) is 11.7 Å². The number of carbonyl (C=O) groups is 2. The van der Waals surface area contributed by atoms with Crippen molar-refractivity contribution in [2.45, 2.75) is 20.8 Å². The van der Waals surface area contributed by atoms with Crippen molar-refractivity contribution < 1.29 is 9.59 Å². The summed E-state index contributed by atoms with van der Waals surface area (Å²) in [6.07, 6.45) is 0. The van der Waals surface area contributed by atoms with Gasteiger partial charge in [-0.1, -0.05) is 28.1 Å². The molecule has 0 unspecified atom stereocenters. The van der Waals surface area contributed by atoms with Gasteiger partial charge >= 0.3 is 0 Å². The Bertz CT molecular complexity index is 769. The van der Waals surface area contributed by atoms with Crippen LogP contribution in [0.4, 0.5) is 5.69 Å². The molecule has 2 aromatic carbocycles. The molecule has 0 atom stereocenters. The van der Waals surface area contributed by atoms with Gasteiger partial charge in [-0.2, -0.15) is 0 Å². The van der Waals surface area contributed by atoms with E-state index < -0.39 is 0 Å². The van der Waals surface area contributed by atoms with Crippen molar-refractivity contribution in [2.24, 2.45) is 0 Å². The number of ketones is 1. The minimum absolute atomic E-state index is 0.131. The molecule has 0 saturated carbocycles. The van der Waals surface area contributed by atoms with Crippen LogP contribution in [0.3, 0.4) is 0 Å². The predicted molar refractivity (Wildman–Crippen MR) is 95.5 cm³/mol. The van der Waals surface area contributed by atoms with Gasteiger partial charge in [-0.05, 0) is 59.1 Å². The summed E-state index contributed by atoms with van der Waals surface area (Å²) >= 11 is 6.78. The van der Waals surface area contributed by atoms with Crippen molar-refractivity contribution in [2.75, 3.05) is 5.32 Å². The molecule has 0 bridgehead atoms. The van der Waals surface area contributed by atoms with Gasteiger partial charge in [0.1, 0.15) is 0 Å². The first-order valence-corrected chi connectivity index (χ1v) is 8.26. The molecule has 1 amide bonds. The summed E-state index contributed by atoms with van der Waals surface area (Å²) in [4.78, 5) is 24.2. The highest BCUT2D eigenvalue weighted by Gasteiger charge is 2.18. The van der Waals surface area contributed by atoms with E-state index in [1.54, 1.807) is 18.2 Å². The standard InChI is InChI=1S/C17H15Br2NO2/c1-9-4-5-12(6-10(9)2)17(22)14-7-13(18)8-15(19)16(14)20-11(3)21/h4-8H,1-3H3,(H,20,21). The highest BCUT2D eigenvalue weighted by atomic mass is 79.9. The third-order valence-corrected chi connectivity index (χ3v) is 4.45. The number of aryl methyl sites for hydroxylation is 2. The van der Waals surface area contributed by atoms with Crippen LogP contribution in [-0.2, 0) is 4.79 Å². The number of anilines is 1. The maximum atomic E-state index is 12.8. The number of carbonyl (C=O) groups excluding carboxylic acids is 2. The number of hydrogen-bond acceptors (Lipinski definition) is 2. The fourth-order valence-electron chi connectivity index (χ4n) is 2.09. The highest BCUT2D eigenvalue weighted by molar-refractivity contribution is 9.11. The van der Waals surface area contributed by atoms with Crippen molar-refractivity contribution in [3.63, 3.8) is 0 Å². The molecule has 0 radical (unpaired) electrons. The summed E-state index contributed by atoms with van der Waals surface area (Å²) in [6, 6.07) is 9.10. The lowest BCUT2D eigenvalue weighted by atomic mass is 9.98. The van der Waals surface area contributed by atoms with Gasteiger partial charge in [-0.3, -0.25) is 9.59 Å². The van der Waals surface area contributed by atoms with Gasteiger partial charge in [-0.25, -0.2) is 0 Å². The van der Waals surface area contributed by atoms with Crippen molar-refractivity contribution >= 4 is 49.2 Å². The lowest BCUT2D eigenvalue weighted by Gasteiger charge is -2.13. The molecule has 0 aromatic heterocycles. The molecule has 5 heteroatoms. The predicted octanol–water partition coefficient (Wildman–Crippen LogP) is 5.02. The number of nitrogens with one attached hydrogen (secondary N) is 1. The molecular weight excluding hydrogens is 410 g/mol. The van der Waals surface area contributed by atoms with Crippen molar-refractivity contribution in [3.05, 3.63) is 61.5 Å². The summed E-state index contributed by atoms with van der Waals surface area (Å²) in [5.41, 5.74) is 3.72. The largest absolute Gasteiger partial charge is 0.325 e. The Morgan fingerprint density at radius 2 is 1.68 bits per heavy atom. The zero-order chi connectivity index (χ0) is 16.4. The SMILES string of the molecule is CC(=O)Nc1c(Br)cc(Br)cc1C(=O)c1ccc(C)c(C)c1. The van der Waals surface area contributed by atoms with E-state index in [1.165, 1.54) is 6.92 Å². The Kier molecular flexibility index (Phi) is 5.19. The third-order valence-electron chi connectivity index (χ3n) is 3.37. The molecule has 0 aliphatic heterocycles. The van der Waals surface area contributed by atoms with Gasteiger partial charge in [0.05, 0.1) is 5.69 Å². The van der Waals surface area contributed by atoms with Crippen LogP contribution < -0.4 is 5.32 Å². The second kappa shape index (κ2) is 6.75. The van der Waals surface area contributed by atoms with Crippen molar-refractivity contribution in [1.29, 1.82) is 0 Å². The quantitative estimate of drug-likeness (QED) is 0.703. The molecule has 2 aromatic rings. The molecule has 0 heterocycles. The van der Waals surface area contributed by atoms with Gasteiger partial charge in [0, 0.05) is 27.0 Å². The number of hydrogen-bond donors (Lipinski definition) is 1. The zero-order valence-corrected chi connectivity index (χ0v) is 15.6. The molecule has 0 saturated heterocycles. The molecule has 0 fully saturated rings. The van der Waals surface area contributed by atoms with Gasteiger partial charge in [0.15, 0.2) is 5.78 Å². The molecular formula is C17H15Br2NO2. The summed E-state index contributed by atoms with van der Waals surface area (Å²) in [5.74, 6) is -0.356. The fourth-order valence-corrected chi connectivity index (χ4v) is 3.42. The normalized spacial score (nSPS) is 10.4. The minimum atomic E-state index is -0.225. The van der Waals surface area contributed by atoms with Crippen molar-refractivity contribution in [3.8, 4) is 0 Å². The number of halogens is 2. The fraction of sp³-hybridized carbons (Fsp3) is 0.176. The van der Waals surface area contributed by atoms with Crippen LogP contribution in [0, 0.1) is 13.8 Å². The van der Waals surface area contributed by atoms with Gasteiger partial charge in [0.2, 0.25) is 5.91 Å². The van der Waals surface area contributed by atoms with Crippen LogP contribution in [0.15, 0.2) is 39.3 Å². The minimum Gasteiger partial charge on any atom is -0.325 e. The summed E-state index contributed by atoms with van der Waals surface area (Å²) < 4.78 is 1.42. The number of rotatable bonds is 3. The Hall–Kier alpha value is -1.46. The second-order valence-electron chi connectivity index (χ2n) is 5.12. The van der Waals surface area contributed by atoms with E-state index in [9.17, 15) is 9.59 Å². The Morgan fingerprint density at radius 1 is 1.00 bits per heavy atom. The van der Waals surface area contributed by atoms with E-state index in [0.29, 0.717) is 21.3 Å². The number of benzene rings is 2. The molecule has 114 valence electrons. The van der Waals surface area contributed by atoms with Crippen LogP contribution in [0.25, 0.3) is 0 Å². The average Bonchev–Trinajstić information content (AvgIpc) is 2.43. The van der Waals surface area contributed by atoms with Crippen molar-refractivity contribution in [1.82, 2.24) is 0 Å². The molecule has 2 rings (SSSR count). The summed E-state index contributed by atoms with van der Waals surface area (Å²) in [6.45, 7) is 5.39. The first kappa shape index (κ1) is 16.9. The lowest BCUT2D eigenvalue weighted by Crippen LogP contribution is -2.12. The first-order valence-electron chi connectivity index (χ1n) is 6.68. The Balaban J connectivity index is 2.56. The van der Waals surface area contributed by atoms with Gasteiger partial charge in [0.25, 0.3) is 0 Å². The highest BCUT2D eigenvalue weighted by Crippen LogP contribution is 2.32. The van der Waals surface area contributed by atoms with E-state index in [4.69, 9.17) is 0 Å². The van der Waals surface area contributed by atoms with E-state index in [2.05, 4.69) is 37.2 Å².